The summed E-state index contributed by atoms with van der Waals surface area (Å²) in [6, 6.07) is 21.6. The minimum atomic E-state index is -0.0721. The van der Waals surface area contributed by atoms with Crippen molar-refractivity contribution in [2.24, 2.45) is 4.99 Å². The first-order valence-corrected chi connectivity index (χ1v) is 12.4. The zero-order valence-corrected chi connectivity index (χ0v) is 21.2. The van der Waals surface area contributed by atoms with E-state index in [4.69, 9.17) is 4.99 Å². The van der Waals surface area contributed by atoms with Crippen LogP contribution in [0, 0.1) is 6.92 Å². The van der Waals surface area contributed by atoms with Crippen molar-refractivity contribution in [3.63, 3.8) is 0 Å². The van der Waals surface area contributed by atoms with Crippen LogP contribution in [0.1, 0.15) is 16.7 Å². The fraction of sp³-hybridized carbons (Fsp3) is 0.120. The molecule has 1 saturated heterocycles. The zero-order chi connectivity index (χ0) is 22.7. The number of phenolic OH excluding ortho intramolecular Hbond substituents is 1. The van der Waals surface area contributed by atoms with Crippen molar-refractivity contribution in [2.75, 3.05) is 6.54 Å². The second kappa shape index (κ2) is 10.1. The Morgan fingerprint density at radius 2 is 1.69 bits per heavy atom. The van der Waals surface area contributed by atoms with Crippen molar-refractivity contribution < 1.29 is 9.90 Å². The maximum absolute atomic E-state index is 13.3. The molecule has 1 N–H and O–H groups in total. The van der Waals surface area contributed by atoms with E-state index in [-0.39, 0.29) is 11.7 Å². The van der Waals surface area contributed by atoms with Gasteiger partial charge in [-0.15, -0.1) is 0 Å². The smallest absolute Gasteiger partial charge is 0.266 e. The van der Waals surface area contributed by atoms with Gasteiger partial charge in [-0.25, -0.2) is 4.99 Å². The fourth-order valence-corrected chi connectivity index (χ4v) is 5.47. The highest BCUT2D eigenvalue weighted by Gasteiger charge is 2.33. The number of thioether (sulfide) groups is 1. The van der Waals surface area contributed by atoms with Gasteiger partial charge in [-0.05, 0) is 98.4 Å². The van der Waals surface area contributed by atoms with Gasteiger partial charge >= 0.3 is 0 Å². The van der Waals surface area contributed by atoms with E-state index in [9.17, 15) is 9.90 Å². The van der Waals surface area contributed by atoms with Crippen molar-refractivity contribution in [3.05, 3.63) is 97.3 Å². The Balaban J connectivity index is 1.66. The summed E-state index contributed by atoms with van der Waals surface area (Å²) in [5, 5.41) is 10.6. The van der Waals surface area contributed by atoms with E-state index in [0.717, 1.165) is 23.2 Å². The van der Waals surface area contributed by atoms with Gasteiger partial charge in [0.25, 0.3) is 5.91 Å². The number of amidine groups is 1. The molecule has 1 aliphatic rings. The Bertz CT molecular complexity index is 1190. The van der Waals surface area contributed by atoms with Gasteiger partial charge in [0.2, 0.25) is 0 Å². The summed E-state index contributed by atoms with van der Waals surface area (Å²) in [6.07, 6.45) is 2.57. The number of aryl methyl sites for hydroxylation is 1. The summed E-state index contributed by atoms with van der Waals surface area (Å²) in [4.78, 5) is 20.4. The molecule has 1 heterocycles. The van der Waals surface area contributed by atoms with Gasteiger partial charge in [0.15, 0.2) is 5.17 Å². The van der Waals surface area contributed by atoms with E-state index >= 15 is 0 Å². The van der Waals surface area contributed by atoms with Gasteiger partial charge in [-0.3, -0.25) is 9.69 Å². The molecule has 0 aromatic heterocycles. The molecule has 1 aliphatic heterocycles. The third kappa shape index (κ3) is 5.34. The molecule has 0 aliphatic carbocycles. The van der Waals surface area contributed by atoms with Crippen LogP contribution < -0.4 is 0 Å². The molecule has 0 radical (unpaired) electrons. The lowest BCUT2D eigenvalue weighted by atomic mass is 10.1. The molecule has 1 fully saturated rings. The van der Waals surface area contributed by atoms with Crippen LogP contribution in [0.2, 0.25) is 0 Å². The number of hydrogen-bond donors (Lipinski definition) is 1. The lowest BCUT2D eigenvalue weighted by Gasteiger charge is -2.15. The Morgan fingerprint density at radius 1 is 1.03 bits per heavy atom. The SMILES string of the molecule is Cc1ccc(N=C2S/C(=C/c3cc(Br)c(O)c(Br)c3)C(=O)N2CCc2ccccc2)cc1. The molecule has 3 aromatic rings. The van der Waals surface area contributed by atoms with Crippen LogP contribution in [0.3, 0.4) is 0 Å². The monoisotopic (exact) mass is 570 g/mol. The number of benzene rings is 3. The van der Waals surface area contributed by atoms with Crippen molar-refractivity contribution in [1.29, 1.82) is 0 Å². The van der Waals surface area contributed by atoms with Gasteiger partial charge in [0, 0.05) is 6.54 Å². The first kappa shape index (κ1) is 22.8. The highest BCUT2D eigenvalue weighted by Crippen LogP contribution is 2.37. The van der Waals surface area contributed by atoms with E-state index in [1.807, 2.05) is 55.5 Å². The highest BCUT2D eigenvalue weighted by molar-refractivity contribution is 9.11. The molecule has 162 valence electrons. The molecule has 0 bridgehead atoms. The summed E-state index contributed by atoms with van der Waals surface area (Å²) in [7, 11) is 0. The van der Waals surface area contributed by atoms with Gasteiger partial charge in [0.05, 0.1) is 19.5 Å². The Hall–Kier alpha value is -2.35. The van der Waals surface area contributed by atoms with Gasteiger partial charge in [-0.1, -0.05) is 48.0 Å². The first-order chi connectivity index (χ1) is 15.4. The highest BCUT2D eigenvalue weighted by atomic mass is 79.9. The molecule has 0 atom stereocenters. The van der Waals surface area contributed by atoms with E-state index in [1.165, 1.54) is 17.3 Å². The van der Waals surface area contributed by atoms with Crippen molar-refractivity contribution in [2.45, 2.75) is 13.3 Å². The van der Waals surface area contributed by atoms with Crippen LogP contribution in [0.15, 0.2) is 85.6 Å². The van der Waals surface area contributed by atoms with E-state index in [2.05, 4.69) is 44.0 Å². The van der Waals surface area contributed by atoms with Crippen molar-refractivity contribution >= 4 is 66.5 Å². The predicted molar refractivity (Wildman–Crippen MR) is 139 cm³/mol. The molecule has 4 rings (SSSR count). The van der Waals surface area contributed by atoms with E-state index < -0.39 is 0 Å². The number of carbonyl (C=O) groups excluding carboxylic acids is 1. The number of aliphatic imine (C=N–C) groups is 1. The third-order valence-electron chi connectivity index (χ3n) is 4.95. The molecule has 32 heavy (non-hydrogen) atoms. The number of phenols is 1. The summed E-state index contributed by atoms with van der Waals surface area (Å²) in [5.74, 6) is 0.0563. The summed E-state index contributed by atoms with van der Waals surface area (Å²) < 4.78 is 1.12. The second-order valence-corrected chi connectivity index (χ2v) is 10.1. The second-order valence-electron chi connectivity index (χ2n) is 7.37. The number of nitrogens with zero attached hydrogens (tertiary/aromatic N) is 2. The minimum Gasteiger partial charge on any atom is -0.506 e. The maximum Gasteiger partial charge on any atom is 0.266 e. The quantitative estimate of drug-likeness (QED) is 0.333. The van der Waals surface area contributed by atoms with Crippen LogP contribution in [-0.4, -0.2) is 27.6 Å². The molecule has 7 heteroatoms. The van der Waals surface area contributed by atoms with Crippen LogP contribution in [0.4, 0.5) is 5.69 Å². The minimum absolute atomic E-state index is 0.0721. The lowest BCUT2D eigenvalue weighted by molar-refractivity contribution is -0.122. The van der Waals surface area contributed by atoms with Crippen molar-refractivity contribution in [1.82, 2.24) is 4.90 Å². The van der Waals surface area contributed by atoms with E-state index in [1.54, 1.807) is 17.0 Å². The summed E-state index contributed by atoms with van der Waals surface area (Å²) >= 11 is 8.07. The molecular weight excluding hydrogens is 552 g/mol. The summed E-state index contributed by atoms with van der Waals surface area (Å²) in [6.45, 7) is 2.58. The largest absolute Gasteiger partial charge is 0.506 e. The van der Waals surface area contributed by atoms with Crippen LogP contribution >= 0.6 is 43.6 Å². The zero-order valence-electron chi connectivity index (χ0n) is 17.3. The van der Waals surface area contributed by atoms with Crippen molar-refractivity contribution in [3.8, 4) is 5.75 Å². The molecule has 0 saturated carbocycles. The van der Waals surface area contributed by atoms with E-state index in [0.29, 0.717) is 25.6 Å². The number of carbonyl (C=O) groups is 1. The average Bonchev–Trinajstić information content (AvgIpc) is 3.06. The Kier molecular flexibility index (Phi) is 7.18. The first-order valence-electron chi connectivity index (χ1n) is 9.99. The van der Waals surface area contributed by atoms with Crippen LogP contribution in [0.25, 0.3) is 6.08 Å². The predicted octanol–water partition coefficient (Wildman–Crippen LogP) is 7.07. The topological polar surface area (TPSA) is 52.9 Å². The number of rotatable bonds is 5. The van der Waals surface area contributed by atoms with Gasteiger partial charge in [0.1, 0.15) is 5.75 Å². The fourth-order valence-electron chi connectivity index (χ4n) is 3.22. The lowest BCUT2D eigenvalue weighted by Crippen LogP contribution is -2.31. The third-order valence-corrected chi connectivity index (χ3v) is 7.17. The summed E-state index contributed by atoms with van der Waals surface area (Å²) in [5.41, 5.74) is 3.95. The number of halogens is 2. The molecule has 1 amide bonds. The normalized spacial score (nSPS) is 16.3. The van der Waals surface area contributed by atoms with Crippen LogP contribution in [0.5, 0.6) is 5.75 Å². The standard InChI is InChI=1S/C25H20Br2N2O2S/c1-16-7-9-19(10-8-16)28-25-29(12-11-17-5-3-2-4-6-17)24(31)22(32-25)15-18-13-20(26)23(30)21(27)14-18/h2-10,13-15,30H,11-12H2,1H3/b22-15+,28-25?. The molecule has 0 spiro atoms. The Labute approximate surface area is 208 Å². The molecular formula is C25H20Br2N2O2S. The number of aromatic hydroxyl groups is 1. The average molecular weight is 572 g/mol. The number of amides is 1. The van der Waals surface area contributed by atoms with Gasteiger partial charge < -0.3 is 5.11 Å². The maximum atomic E-state index is 13.3. The molecule has 0 unspecified atom stereocenters. The van der Waals surface area contributed by atoms with Crippen LogP contribution in [-0.2, 0) is 11.2 Å². The Morgan fingerprint density at radius 3 is 2.34 bits per heavy atom. The molecule has 3 aromatic carbocycles. The van der Waals surface area contributed by atoms with Gasteiger partial charge in [-0.2, -0.15) is 0 Å². The molecule has 4 nitrogen and oxygen atoms in total. The number of hydrogen-bond acceptors (Lipinski definition) is 4.